The third-order valence-corrected chi connectivity index (χ3v) is 5.98. The van der Waals surface area contributed by atoms with Gasteiger partial charge in [-0.1, -0.05) is 18.2 Å². The molecule has 0 spiro atoms. The zero-order chi connectivity index (χ0) is 24.7. The van der Waals surface area contributed by atoms with Crippen LogP contribution in [0.25, 0.3) is 5.82 Å². The minimum Gasteiger partial charge on any atom is -0.496 e. The van der Waals surface area contributed by atoms with Crippen LogP contribution in [0.2, 0.25) is 0 Å². The van der Waals surface area contributed by atoms with Gasteiger partial charge in [0.05, 0.1) is 13.0 Å². The van der Waals surface area contributed by atoms with Crippen LogP contribution in [0.15, 0.2) is 67.8 Å². The molecule has 11 nitrogen and oxygen atoms in total. The number of benzene rings is 1. The van der Waals surface area contributed by atoms with Crippen LogP contribution >= 0.6 is 0 Å². The first-order chi connectivity index (χ1) is 17.7. The maximum Gasteiger partial charge on any atom is 0.230 e. The van der Waals surface area contributed by atoms with Crippen molar-refractivity contribution in [2.75, 3.05) is 30.4 Å². The Bertz CT molecular complexity index is 1310. The van der Waals surface area contributed by atoms with Crippen molar-refractivity contribution < 1.29 is 14.3 Å². The Balaban J connectivity index is 1.21. The van der Waals surface area contributed by atoms with Crippen molar-refractivity contribution in [2.24, 2.45) is 5.92 Å². The maximum absolute atomic E-state index is 13.1. The molecule has 1 amide bonds. The number of para-hydroxylation sites is 1. The number of amides is 1. The fourth-order valence-electron chi connectivity index (χ4n) is 4.13. The molecule has 1 fully saturated rings. The summed E-state index contributed by atoms with van der Waals surface area (Å²) in [5.74, 6) is 2.70. The number of anilines is 2. The molecule has 1 aliphatic rings. The van der Waals surface area contributed by atoms with E-state index in [9.17, 15) is 4.79 Å². The van der Waals surface area contributed by atoms with Gasteiger partial charge in [0.2, 0.25) is 11.8 Å². The highest BCUT2D eigenvalue weighted by Gasteiger charge is 2.27. The van der Waals surface area contributed by atoms with E-state index in [0.717, 1.165) is 42.3 Å². The number of ether oxygens (including phenoxy) is 2. The first kappa shape index (κ1) is 23.2. The summed E-state index contributed by atoms with van der Waals surface area (Å²) in [6.07, 6.45) is 9.78. The van der Waals surface area contributed by atoms with Gasteiger partial charge in [-0.15, -0.1) is 0 Å². The molecule has 0 unspecified atom stereocenters. The van der Waals surface area contributed by atoms with Crippen LogP contribution in [0.4, 0.5) is 11.6 Å². The van der Waals surface area contributed by atoms with Gasteiger partial charge in [-0.3, -0.25) is 9.36 Å². The molecule has 184 valence electrons. The highest BCUT2D eigenvalue weighted by Crippen LogP contribution is 2.24. The van der Waals surface area contributed by atoms with E-state index in [-0.39, 0.29) is 18.4 Å². The number of hydrogen-bond donors (Lipinski definition) is 1. The molecular formula is C25H26N8O3. The molecule has 0 aliphatic carbocycles. The average molecular weight is 487 g/mol. The summed E-state index contributed by atoms with van der Waals surface area (Å²) in [5.41, 5.74) is 0.896. The largest absolute Gasteiger partial charge is 0.496 e. The molecule has 0 saturated carbocycles. The number of imidazole rings is 1. The molecule has 5 rings (SSSR count). The summed E-state index contributed by atoms with van der Waals surface area (Å²) in [6, 6.07) is 11.1. The van der Waals surface area contributed by atoms with Gasteiger partial charge in [0, 0.05) is 43.2 Å². The summed E-state index contributed by atoms with van der Waals surface area (Å²) in [4.78, 5) is 36.3. The zero-order valence-electron chi connectivity index (χ0n) is 19.8. The molecule has 11 heteroatoms. The fraction of sp³-hybridized carbons (Fsp3) is 0.280. The Kier molecular flexibility index (Phi) is 6.97. The van der Waals surface area contributed by atoms with Crippen molar-refractivity contribution in [3.8, 4) is 17.4 Å². The van der Waals surface area contributed by atoms with E-state index in [4.69, 9.17) is 9.47 Å². The zero-order valence-corrected chi connectivity index (χ0v) is 19.8. The van der Waals surface area contributed by atoms with Crippen molar-refractivity contribution in [1.82, 2.24) is 29.5 Å². The molecule has 0 radical (unpaired) electrons. The van der Waals surface area contributed by atoms with Crippen LogP contribution in [0.5, 0.6) is 11.6 Å². The summed E-state index contributed by atoms with van der Waals surface area (Å²) in [6.45, 7) is 1.65. The molecule has 4 aromatic rings. The Labute approximate surface area is 208 Å². The molecule has 1 aromatic carbocycles. The lowest BCUT2D eigenvalue weighted by Crippen LogP contribution is -2.41. The monoisotopic (exact) mass is 486 g/mol. The second-order valence-corrected chi connectivity index (χ2v) is 8.32. The number of nitrogens with zero attached hydrogens (tertiary/aromatic N) is 7. The molecule has 36 heavy (non-hydrogen) atoms. The molecule has 1 atom stereocenters. The Hall–Kier alpha value is -4.54. The van der Waals surface area contributed by atoms with Gasteiger partial charge >= 0.3 is 0 Å². The molecule has 0 bridgehead atoms. The predicted octanol–water partition coefficient (Wildman–Crippen LogP) is 2.90. The molecule has 3 aromatic heterocycles. The number of piperidine rings is 1. The number of methoxy groups -OCH3 is 1. The van der Waals surface area contributed by atoms with Gasteiger partial charge in [-0.25, -0.2) is 24.9 Å². The highest BCUT2D eigenvalue weighted by atomic mass is 16.5. The topological polar surface area (TPSA) is 120 Å². The summed E-state index contributed by atoms with van der Waals surface area (Å²) < 4.78 is 13.0. The normalized spacial score (nSPS) is 15.4. The fourth-order valence-corrected chi connectivity index (χ4v) is 4.13. The number of carbonyl (C=O) groups excluding carboxylic acids is 1. The lowest BCUT2D eigenvalue weighted by atomic mass is 9.97. The van der Waals surface area contributed by atoms with Crippen LogP contribution in [-0.4, -0.2) is 55.6 Å². The number of hydrogen-bond acceptors (Lipinski definition) is 9. The SMILES string of the molecule is COc1ccccc1COc1cc(NC(=O)[C@@H]2CCCN(c3cc(-n4ccnc4)ncn3)C2)ncn1. The van der Waals surface area contributed by atoms with Crippen molar-refractivity contribution in [1.29, 1.82) is 0 Å². The highest BCUT2D eigenvalue weighted by molar-refractivity contribution is 5.92. The molecule has 4 heterocycles. The maximum atomic E-state index is 13.1. The van der Waals surface area contributed by atoms with Crippen LogP contribution in [0.3, 0.4) is 0 Å². The van der Waals surface area contributed by atoms with E-state index in [1.807, 2.05) is 41.1 Å². The average Bonchev–Trinajstić information content (AvgIpc) is 3.48. The van der Waals surface area contributed by atoms with Gasteiger partial charge in [-0.05, 0) is 18.9 Å². The summed E-state index contributed by atoms with van der Waals surface area (Å²) in [5, 5.41) is 2.91. The number of carbonyl (C=O) groups is 1. The van der Waals surface area contributed by atoms with Crippen LogP contribution in [-0.2, 0) is 11.4 Å². The van der Waals surface area contributed by atoms with Crippen molar-refractivity contribution in [2.45, 2.75) is 19.4 Å². The van der Waals surface area contributed by atoms with Crippen LogP contribution in [0.1, 0.15) is 18.4 Å². The Morgan fingerprint density at radius 2 is 1.97 bits per heavy atom. The standard InChI is InChI=1S/C25H26N8O3/c1-35-20-7-3-2-5-19(20)14-36-24-11-21(27-15-30-24)31-25(34)18-6-4-9-32(13-18)22-12-23(29-16-28-22)33-10-8-26-17-33/h2-3,5,7-8,10-12,15-18H,4,6,9,13-14H2,1H3,(H,27,30,31,34)/t18-/m1/s1. The molecule has 1 N–H and O–H groups in total. The Morgan fingerprint density at radius 1 is 1.11 bits per heavy atom. The third-order valence-electron chi connectivity index (χ3n) is 5.98. The minimum atomic E-state index is -0.210. The Morgan fingerprint density at radius 3 is 2.83 bits per heavy atom. The summed E-state index contributed by atoms with van der Waals surface area (Å²) in [7, 11) is 1.62. The van der Waals surface area contributed by atoms with Gasteiger partial charge in [-0.2, -0.15) is 0 Å². The van der Waals surface area contributed by atoms with E-state index >= 15 is 0 Å². The van der Waals surface area contributed by atoms with E-state index in [0.29, 0.717) is 18.2 Å². The minimum absolute atomic E-state index is 0.0991. The summed E-state index contributed by atoms with van der Waals surface area (Å²) >= 11 is 0. The van der Waals surface area contributed by atoms with Crippen molar-refractivity contribution in [3.05, 3.63) is 73.3 Å². The third kappa shape index (κ3) is 5.40. The van der Waals surface area contributed by atoms with Crippen LogP contribution < -0.4 is 19.7 Å². The van der Waals surface area contributed by atoms with Gasteiger partial charge in [0.25, 0.3) is 0 Å². The van der Waals surface area contributed by atoms with E-state index in [2.05, 4.69) is 35.1 Å². The lowest BCUT2D eigenvalue weighted by molar-refractivity contribution is -0.120. The molecule has 1 saturated heterocycles. The van der Waals surface area contributed by atoms with Crippen LogP contribution in [0, 0.1) is 5.92 Å². The van der Waals surface area contributed by atoms with E-state index in [1.165, 1.54) is 12.7 Å². The first-order valence-corrected chi connectivity index (χ1v) is 11.6. The second kappa shape index (κ2) is 10.8. The van der Waals surface area contributed by atoms with Crippen molar-refractivity contribution in [3.63, 3.8) is 0 Å². The van der Waals surface area contributed by atoms with Gasteiger partial charge in [0.15, 0.2) is 0 Å². The molecular weight excluding hydrogens is 460 g/mol. The van der Waals surface area contributed by atoms with Gasteiger partial charge < -0.3 is 19.7 Å². The number of nitrogens with one attached hydrogen (secondary N) is 1. The smallest absolute Gasteiger partial charge is 0.230 e. The first-order valence-electron chi connectivity index (χ1n) is 11.6. The second-order valence-electron chi connectivity index (χ2n) is 8.32. The van der Waals surface area contributed by atoms with E-state index < -0.39 is 0 Å². The number of aromatic nitrogens is 6. The predicted molar refractivity (Wildman–Crippen MR) is 132 cm³/mol. The lowest BCUT2D eigenvalue weighted by Gasteiger charge is -2.32. The molecule has 1 aliphatic heterocycles. The van der Waals surface area contributed by atoms with Crippen molar-refractivity contribution >= 4 is 17.5 Å². The quantitative estimate of drug-likeness (QED) is 0.401. The van der Waals surface area contributed by atoms with Gasteiger partial charge in [0.1, 0.15) is 48.8 Å². The number of rotatable bonds is 8. The van der Waals surface area contributed by atoms with E-state index in [1.54, 1.807) is 25.7 Å².